The van der Waals surface area contributed by atoms with E-state index in [0.29, 0.717) is 16.6 Å². The summed E-state index contributed by atoms with van der Waals surface area (Å²) in [6, 6.07) is 0. The Morgan fingerprint density at radius 1 is 1.59 bits per heavy atom. The standard InChI is InChI=1S/C10H12N4O2S/c1-5-6(15)2-7(16-5)14-4-13-8-9(14)11-3-12-10(8)17/h3-7,15H,2H2,1H3,(H,11,12,17)/t5-,6+,7-/m1/s1. The second-order valence-corrected chi connectivity index (χ2v) is 4.54. The fourth-order valence-electron chi connectivity index (χ4n) is 2.06. The molecule has 3 atom stereocenters. The van der Waals surface area contributed by atoms with Gasteiger partial charge in [-0.05, 0) is 6.92 Å². The number of nitrogens with one attached hydrogen (secondary N) is 1. The number of rotatable bonds is 1. The van der Waals surface area contributed by atoms with Crippen molar-refractivity contribution in [2.45, 2.75) is 31.8 Å². The first-order valence-corrected chi connectivity index (χ1v) is 5.81. The maximum atomic E-state index is 9.69. The van der Waals surface area contributed by atoms with E-state index in [-0.39, 0.29) is 12.3 Å². The average molecular weight is 252 g/mol. The fourth-order valence-corrected chi connectivity index (χ4v) is 2.27. The van der Waals surface area contributed by atoms with E-state index in [9.17, 15) is 5.11 Å². The Kier molecular flexibility index (Phi) is 2.46. The van der Waals surface area contributed by atoms with Crippen LogP contribution in [-0.2, 0) is 4.74 Å². The number of nitrogens with zero attached hydrogens (tertiary/aromatic N) is 3. The number of aromatic amines is 1. The third kappa shape index (κ3) is 1.67. The van der Waals surface area contributed by atoms with E-state index in [2.05, 4.69) is 15.0 Å². The monoisotopic (exact) mass is 252 g/mol. The number of aliphatic hydroxyl groups is 1. The van der Waals surface area contributed by atoms with Crippen molar-refractivity contribution < 1.29 is 9.84 Å². The molecule has 7 heteroatoms. The van der Waals surface area contributed by atoms with Crippen molar-refractivity contribution in [2.24, 2.45) is 0 Å². The molecule has 17 heavy (non-hydrogen) atoms. The number of H-pyrrole nitrogens is 1. The third-order valence-corrected chi connectivity index (χ3v) is 3.35. The molecule has 0 spiro atoms. The van der Waals surface area contributed by atoms with E-state index >= 15 is 0 Å². The Morgan fingerprint density at radius 2 is 2.41 bits per heavy atom. The van der Waals surface area contributed by atoms with Crippen LogP contribution in [-0.4, -0.2) is 36.8 Å². The first-order valence-electron chi connectivity index (χ1n) is 5.40. The van der Waals surface area contributed by atoms with Crippen molar-refractivity contribution in [1.82, 2.24) is 19.5 Å². The zero-order chi connectivity index (χ0) is 12.0. The summed E-state index contributed by atoms with van der Waals surface area (Å²) in [7, 11) is 0. The van der Waals surface area contributed by atoms with Gasteiger partial charge in [-0.15, -0.1) is 0 Å². The third-order valence-electron chi connectivity index (χ3n) is 3.05. The van der Waals surface area contributed by atoms with Crippen LogP contribution in [0.3, 0.4) is 0 Å². The molecule has 1 saturated heterocycles. The van der Waals surface area contributed by atoms with Gasteiger partial charge in [-0.2, -0.15) is 0 Å². The molecular weight excluding hydrogens is 240 g/mol. The molecule has 0 aliphatic carbocycles. The maximum Gasteiger partial charge on any atom is 0.157 e. The number of ether oxygens (including phenoxy) is 1. The van der Waals surface area contributed by atoms with Crippen LogP contribution < -0.4 is 0 Å². The van der Waals surface area contributed by atoms with E-state index in [4.69, 9.17) is 17.0 Å². The minimum Gasteiger partial charge on any atom is -0.390 e. The molecule has 0 bridgehead atoms. The first-order chi connectivity index (χ1) is 8.16. The number of hydrogen-bond acceptors (Lipinski definition) is 5. The Hall–Kier alpha value is -1.31. The van der Waals surface area contributed by atoms with Gasteiger partial charge in [0.1, 0.15) is 17.4 Å². The maximum absolute atomic E-state index is 9.69. The highest BCUT2D eigenvalue weighted by Gasteiger charge is 2.32. The molecule has 1 aliphatic rings. The molecule has 1 aliphatic heterocycles. The highest BCUT2D eigenvalue weighted by Crippen LogP contribution is 2.30. The SMILES string of the molecule is C[C@H]1O[C@@H](n2cnc3c(=S)nc[nH]c32)C[C@@H]1O. The van der Waals surface area contributed by atoms with Gasteiger partial charge in [0, 0.05) is 6.42 Å². The van der Waals surface area contributed by atoms with Gasteiger partial charge in [-0.3, -0.25) is 4.57 Å². The van der Waals surface area contributed by atoms with Crippen molar-refractivity contribution >= 4 is 23.4 Å². The summed E-state index contributed by atoms with van der Waals surface area (Å²) in [5, 5.41) is 9.69. The van der Waals surface area contributed by atoms with E-state index < -0.39 is 6.10 Å². The topological polar surface area (TPSA) is 76.0 Å². The summed E-state index contributed by atoms with van der Waals surface area (Å²) in [5.41, 5.74) is 1.43. The van der Waals surface area contributed by atoms with Crippen LogP contribution >= 0.6 is 12.2 Å². The van der Waals surface area contributed by atoms with Gasteiger partial charge in [0.05, 0.1) is 24.9 Å². The second-order valence-electron chi connectivity index (χ2n) is 4.16. The van der Waals surface area contributed by atoms with E-state index in [0.717, 1.165) is 5.65 Å². The molecule has 0 unspecified atom stereocenters. The van der Waals surface area contributed by atoms with Crippen LogP contribution in [0.4, 0.5) is 0 Å². The summed E-state index contributed by atoms with van der Waals surface area (Å²) in [6.45, 7) is 1.85. The molecule has 2 aromatic heterocycles. The van der Waals surface area contributed by atoms with Gasteiger partial charge < -0.3 is 14.8 Å². The van der Waals surface area contributed by atoms with Crippen molar-refractivity contribution in [3.05, 3.63) is 17.3 Å². The quantitative estimate of drug-likeness (QED) is 0.745. The molecule has 0 radical (unpaired) electrons. The van der Waals surface area contributed by atoms with Crippen molar-refractivity contribution in [3.8, 4) is 0 Å². The first kappa shape index (κ1) is 10.8. The minimum atomic E-state index is -0.442. The Bertz CT molecular complexity index is 598. The highest BCUT2D eigenvalue weighted by molar-refractivity contribution is 7.71. The zero-order valence-electron chi connectivity index (χ0n) is 9.20. The van der Waals surface area contributed by atoms with Gasteiger partial charge >= 0.3 is 0 Å². The molecule has 6 nitrogen and oxygen atoms in total. The molecule has 90 valence electrons. The summed E-state index contributed by atoms with van der Waals surface area (Å²) in [6.07, 6.45) is 2.93. The van der Waals surface area contributed by atoms with E-state index in [1.165, 1.54) is 6.33 Å². The van der Waals surface area contributed by atoms with Crippen molar-refractivity contribution in [3.63, 3.8) is 0 Å². The van der Waals surface area contributed by atoms with E-state index in [1.807, 2.05) is 11.5 Å². The molecule has 2 N–H and O–H groups in total. The molecule has 0 saturated carbocycles. The largest absolute Gasteiger partial charge is 0.390 e. The molecule has 3 heterocycles. The second kappa shape index (κ2) is 3.86. The summed E-state index contributed by atoms with van der Waals surface area (Å²) in [4.78, 5) is 11.2. The van der Waals surface area contributed by atoms with Crippen molar-refractivity contribution in [2.75, 3.05) is 0 Å². The van der Waals surface area contributed by atoms with Crippen LogP contribution in [0.25, 0.3) is 11.2 Å². The average Bonchev–Trinajstić information content (AvgIpc) is 2.85. The van der Waals surface area contributed by atoms with Crippen LogP contribution in [0.5, 0.6) is 0 Å². The van der Waals surface area contributed by atoms with Crippen LogP contribution in [0.1, 0.15) is 19.6 Å². The molecule has 2 aromatic rings. The minimum absolute atomic E-state index is 0.165. The smallest absolute Gasteiger partial charge is 0.157 e. The van der Waals surface area contributed by atoms with Crippen LogP contribution in [0.15, 0.2) is 12.7 Å². The molecule has 0 aromatic carbocycles. The highest BCUT2D eigenvalue weighted by atomic mass is 32.1. The van der Waals surface area contributed by atoms with Gasteiger partial charge in [0.15, 0.2) is 4.64 Å². The van der Waals surface area contributed by atoms with Crippen molar-refractivity contribution in [1.29, 1.82) is 0 Å². The Morgan fingerprint density at radius 3 is 3.12 bits per heavy atom. The summed E-state index contributed by atoms with van der Waals surface area (Å²) >= 11 is 5.09. The number of aromatic nitrogens is 4. The lowest BCUT2D eigenvalue weighted by molar-refractivity contribution is -0.00632. The lowest BCUT2D eigenvalue weighted by Gasteiger charge is -2.12. The van der Waals surface area contributed by atoms with Crippen LogP contribution in [0.2, 0.25) is 0 Å². The van der Waals surface area contributed by atoms with Gasteiger partial charge in [0.25, 0.3) is 0 Å². The number of fused-ring (bicyclic) bond motifs is 1. The summed E-state index contributed by atoms with van der Waals surface area (Å²) in [5.74, 6) is 0. The number of hydrogen-bond donors (Lipinski definition) is 2. The fraction of sp³-hybridized carbons (Fsp3) is 0.500. The van der Waals surface area contributed by atoms with E-state index in [1.54, 1.807) is 6.33 Å². The van der Waals surface area contributed by atoms with Gasteiger partial charge in [-0.1, -0.05) is 12.2 Å². The Balaban J connectivity index is 2.07. The predicted molar refractivity (Wildman–Crippen MR) is 62.9 cm³/mol. The van der Waals surface area contributed by atoms with Gasteiger partial charge in [0.2, 0.25) is 0 Å². The zero-order valence-corrected chi connectivity index (χ0v) is 10.0. The summed E-state index contributed by atoms with van der Waals surface area (Å²) < 4.78 is 7.97. The molecule has 3 rings (SSSR count). The molecule has 0 amide bonds. The lowest BCUT2D eigenvalue weighted by Crippen LogP contribution is -2.15. The number of imidazole rings is 1. The lowest BCUT2D eigenvalue weighted by atomic mass is 10.2. The van der Waals surface area contributed by atoms with Gasteiger partial charge in [-0.25, -0.2) is 9.97 Å². The molecule has 1 fully saturated rings. The Labute approximate surface area is 102 Å². The molecular formula is C10H12N4O2S. The number of aliphatic hydroxyl groups excluding tert-OH is 1. The van der Waals surface area contributed by atoms with Crippen LogP contribution in [0, 0.1) is 4.64 Å². The predicted octanol–water partition coefficient (Wildman–Crippen LogP) is 1.16. The normalized spacial score (nSPS) is 28.9.